The lowest BCUT2D eigenvalue weighted by atomic mass is 10.2. The molecule has 4 N–H and O–H groups in total. The zero-order valence-electron chi connectivity index (χ0n) is 16.9. The van der Waals surface area contributed by atoms with Gasteiger partial charge in [0.2, 0.25) is 5.88 Å². The molecule has 31 heavy (non-hydrogen) atoms. The van der Waals surface area contributed by atoms with Gasteiger partial charge in [0, 0.05) is 30.6 Å². The summed E-state index contributed by atoms with van der Waals surface area (Å²) in [5.74, 6) is 0.493. The first-order valence-electron chi connectivity index (χ1n) is 9.08. The Bertz CT molecular complexity index is 1040. The summed E-state index contributed by atoms with van der Waals surface area (Å²) in [6, 6.07) is 8.33. The molecule has 0 spiro atoms. The van der Waals surface area contributed by atoms with Crippen LogP contribution in [-0.2, 0) is 13.2 Å². The second-order valence-electron chi connectivity index (χ2n) is 6.23. The Morgan fingerprint density at radius 2 is 1.87 bits per heavy atom. The van der Waals surface area contributed by atoms with Crippen LogP contribution in [0.15, 0.2) is 42.7 Å². The Labute approximate surface area is 182 Å². The van der Waals surface area contributed by atoms with Gasteiger partial charge in [0.1, 0.15) is 28.7 Å². The Balaban J connectivity index is 1.64. The summed E-state index contributed by atoms with van der Waals surface area (Å²) in [5.41, 5.74) is 7.04. The minimum atomic E-state index is -0.761. The molecule has 2 aromatic heterocycles. The third kappa shape index (κ3) is 5.82. The smallest absolute Gasteiger partial charge is 0.320 e. The Hall–Kier alpha value is -3.86. The zero-order chi connectivity index (χ0) is 22.2. The number of urea groups is 1. The van der Waals surface area contributed by atoms with Gasteiger partial charge in [-0.05, 0) is 35.3 Å². The van der Waals surface area contributed by atoms with Crippen LogP contribution in [0.5, 0.6) is 17.4 Å². The maximum atomic E-state index is 12.4. The van der Waals surface area contributed by atoms with Gasteiger partial charge in [0.05, 0.1) is 14.2 Å². The van der Waals surface area contributed by atoms with Crippen molar-refractivity contribution < 1.29 is 23.8 Å². The number of hydrogen-bond acceptors (Lipinski definition) is 8. The summed E-state index contributed by atoms with van der Waals surface area (Å²) in [5, 5.41) is 5.48. The molecular formula is C20H21N5O5S. The van der Waals surface area contributed by atoms with Gasteiger partial charge in [-0.15, -0.1) is 0 Å². The molecule has 3 aromatic rings. The summed E-state index contributed by atoms with van der Waals surface area (Å²) in [4.78, 5) is 28.3. The molecule has 10 nitrogen and oxygen atoms in total. The molecule has 0 unspecified atom stereocenters. The topological polar surface area (TPSA) is 138 Å². The molecule has 0 saturated heterocycles. The molecule has 0 saturated carbocycles. The molecule has 11 heteroatoms. The number of hydrogen-bond donors (Lipinski definition) is 3. The standard InChI is InChI=1S/C20H21N5O5S/c1-28-14-6-13(7-15(8-14)29-2)10-23-20(27)24-19-16(17(21)26)18(25-31-19)30-11-12-4-3-5-22-9-12/h3-9H,10-11H2,1-2H3,(H2,21,26)(H2,23,24,27). The van der Waals surface area contributed by atoms with Crippen LogP contribution in [0, 0.1) is 0 Å². The lowest BCUT2D eigenvalue weighted by Gasteiger charge is -2.10. The second kappa shape index (κ2) is 10.3. The number of pyridine rings is 1. The first-order chi connectivity index (χ1) is 15.0. The van der Waals surface area contributed by atoms with E-state index in [0.29, 0.717) is 11.5 Å². The molecule has 3 amide bonds. The largest absolute Gasteiger partial charge is 0.497 e. The number of nitrogens with one attached hydrogen (secondary N) is 2. The van der Waals surface area contributed by atoms with Crippen molar-refractivity contribution in [2.45, 2.75) is 13.2 Å². The van der Waals surface area contributed by atoms with Crippen molar-refractivity contribution in [2.75, 3.05) is 19.5 Å². The van der Waals surface area contributed by atoms with Gasteiger partial charge in [-0.25, -0.2) is 4.79 Å². The van der Waals surface area contributed by atoms with Crippen LogP contribution in [-0.4, -0.2) is 35.5 Å². The van der Waals surface area contributed by atoms with Gasteiger partial charge in [0.25, 0.3) is 5.91 Å². The number of aromatic nitrogens is 2. The second-order valence-corrected chi connectivity index (χ2v) is 7.01. The Morgan fingerprint density at radius 1 is 1.13 bits per heavy atom. The van der Waals surface area contributed by atoms with Crippen LogP contribution in [0.25, 0.3) is 0 Å². The zero-order valence-corrected chi connectivity index (χ0v) is 17.7. The average Bonchev–Trinajstić information content (AvgIpc) is 3.19. The highest BCUT2D eigenvalue weighted by atomic mass is 32.1. The minimum absolute atomic E-state index is 0.00656. The first-order valence-corrected chi connectivity index (χ1v) is 9.85. The van der Waals surface area contributed by atoms with Crippen molar-refractivity contribution in [3.05, 3.63) is 59.4 Å². The highest BCUT2D eigenvalue weighted by Gasteiger charge is 2.22. The van der Waals surface area contributed by atoms with Crippen LogP contribution in [0.2, 0.25) is 0 Å². The highest BCUT2D eigenvalue weighted by molar-refractivity contribution is 7.11. The molecule has 2 heterocycles. The predicted molar refractivity (Wildman–Crippen MR) is 115 cm³/mol. The minimum Gasteiger partial charge on any atom is -0.497 e. The van der Waals surface area contributed by atoms with E-state index < -0.39 is 11.9 Å². The molecule has 0 fully saturated rings. The van der Waals surface area contributed by atoms with E-state index in [9.17, 15) is 9.59 Å². The van der Waals surface area contributed by atoms with Crippen molar-refractivity contribution in [3.63, 3.8) is 0 Å². The van der Waals surface area contributed by atoms with Crippen molar-refractivity contribution in [3.8, 4) is 17.4 Å². The molecule has 0 aliphatic heterocycles. The summed E-state index contributed by atoms with van der Waals surface area (Å²) in [6.45, 7) is 0.357. The quantitative estimate of drug-likeness (QED) is 0.462. The number of anilines is 1. The van der Waals surface area contributed by atoms with E-state index in [4.69, 9.17) is 19.9 Å². The summed E-state index contributed by atoms with van der Waals surface area (Å²) in [7, 11) is 3.09. The molecule has 0 aliphatic rings. The van der Waals surface area contributed by atoms with Crippen LogP contribution in [0.3, 0.4) is 0 Å². The van der Waals surface area contributed by atoms with Gasteiger partial charge < -0.3 is 25.3 Å². The monoisotopic (exact) mass is 443 g/mol. The number of rotatable bonds is 9. The molecule has 0 bridgehead atoms. The molecule has 0 radical (unpaired) electrons. The van der Waals surface area contributed by atoms with Crippen molar-refractivity contribution >= 4 is 28.5 Å². The van der Waals surface area contributed by atoms with Crippen molar-refractivity contribution in [2.24, 2.45) is 5.73 Å². The summed E-state index contributed by atoms with van der Waals surface area (Å²) < 4.78 is 20.1. The van der Waals surface area contributed by atoms with Gasteiger partial charge in [-0.1, -0.05) is 6.07 Å². The van der Waals surface area contributed by atoms with E-state index in [1.165, 1.54) is 0 Å². The van der Waals surface area contributed by atoms with Gasteiger partial charge >= 0.3 is 6.03 Å². The van der Waals surface area contributed by atoms with Crippen molar-refractivity contribution in [1.82, 2.24) is 14.7 Å². The van der Waals surface area contributed by atoms with Crippen LogP contribution < -0.4 is 30.6 Å². The fraction of sp³-hybridized carbons (Fsp3) is 0.200. The SMILES string of the molecule is COc1cc(CNC(=O)Nc2snc(OCc3cccnc3)c2C(N)=O)cc(OC)c1. The van der Waals surface area contributed by atoms with E-state index in [1.54, 1.807) is 50.9 Å². The number of benzene rings is 1. The van der Waals surface area contributed by atoms with Gasteiger partial charge in [-0.3, -0.25) is 15.1 Å². The molecule has 162 valence electrons. The van der Waals surface area contributed by atoms with Crippen LogP contribution in [0.1, 0.15) is 21.5 Å². The maximum Gasteiger partial charge on any atom is 0.320 e. The third-order valence-corrected chi connectivity index (χ3v) is 4.84. The number of nitrogens with zero attached hydrogens (tertiary/aromatic N) is 2. The van der Waals surface area contributed by atoms with Gasteiger partial charge in [-0.2, -0.15) is 4.37 Å². The first kappa shape index (κ1) is 21.8. The van der Waals surface area contributed by atoms with E-state index in [2.05, 4.69) is 20.0 Å². The third-order valence-electron chi connectivity index (χ3n) is 4.10. The van der Waals surface area contributed by atoms with E-state index >= 15 is 0 Å². The Morgan fingerprint density at radius 3 is 2.48 bits per heavy atom. The van der Waals surface area contributed by atoms with E-state index in [0.717, 1.165) is 22.7 Å². The van der Waals surface area contributed by atoms with Gasteiger partial charge in [0.15, 0.2) is 0 Å². The highest BCUT2D eigenvalue weighted by Crippen LogP contribution is 2.30. The molecular weight excluding hydrogens is 422 g/mol. The number of amides is 3. The van der Waals surface area contributed by atoms with E-state index in [1.807, 2.05) is 6.07 Å². The Kier molecular flexibility index (Phi) is 7.22. The average molecular weight is 443 g/mol. The number of ether oxygens (including phenoxy) is 3. The number of carbonyl (C=O) groups excluding carboxylic acids is 2. The number of carbonyl (C=O) groups is 2. The predicted octanol–water partition coefficient (Wildman–Crippen LogP) is 2.55. The summed E-state index contributed by atoms with van der Waals surface area (Å²) >= 11 is 0.898. The fourth-order valence-electron chi connectivity index (χ4n) is 2.61. The lowest BCUT2D eigenvalue weighted by molar-refractivity contribution is 0.0996. The van der Waals surface area contributed by atoms with E-state index in [-0.39, 0.29) is 29.6 Å². The fourth-order valence-corrected chi connectivity index (χ4v) is 3.35. The maximum absolute atomic E-state index is 12.4. The van der Waals surface area contributed by atoms with Crippen LogP contribution in [0.4, 0.5) is 9.80 Å². The number of nitrogens with two attached hydrogens (primary N) is 1. The summed E-state index contributed by atoms with van der Waals surface area (Å²) in [6.07, 6.45) is 3.28. The number of methoxy groups -OCH3 is 2. The normalized spacial score (nSPS) is 10.3. The molecule has 0 aliphatic carbocycles. The lowest BCUT2D eigenvalue weighted by Crippen LogP contribution is -2.28. The molecule has 1 aromatic carbocycles. The number of primary amides is 1. The van der Waals surface area contributed by atoms with Crippen molar-refractivity contribution in [1.29, 1.82) is 0 Å². The molecule has 3 rings (SSSR count). The molecule has 0 atom stereocenters. The van der Waals surface area contributed by atoms with Crippen LogP contribution >= 0.6 is 11.5 Å².